The second kappa shape index (κ2) is 6.34. The standard InChI is InChI=1S/C13H23N3O3/c1-3-11-9(4-7-19-11)13(18)16-6-5-15-8-10(16)12(17)14-2/h9-11,15H,3-8H2,1-2H3,(H,14,17). The fourth-order valence-electron chi connectivity index (χ4n) is 2.92. The van der Waals surface area contributed by atoms with Gasteiger partial charge in [-0.1, -0.05) is 6.92 Å². The van der Waals surface area contributed by atoms with Gasteiger partial charge in [-0.15, -0.1) is 0 Å². The highest BCUT2D eigenvalue weighted by atomic mass is 16.5. The van der Waals surface area contributed by atoms with Gasteiger partial charge in [0.2, 0.25) is 11.8 Å². The minimum absolute atomic E-state index is 0.00715. The Morgan fingerprint density at radius 2 is 2.26 bits per heavy atom. The highest BCUT2D eigenvalue weighted by Gasteiger charge is 2.40. The first-order valence-corrected chi connectivity index (χ1v) is 7.03. The Morgan fingerprint density at radius 1 is 1.47 bits per heavy atom. The van der Waals surface area contributed by atoms with E-state index in [4.69, 9.17) is 4.74 Å². The van der Waals surface area contributed by atoms with E-state index < -0.39 is 6.04 Å². The number of ether oxygens (including phenoxy) is 1. The predicted octanol–water partition coefficient (Wildman–Crippen LogP) is -0.652. The Kier molecular flexibility index (Phi) is 4.76. The molecule has 0 bridgehead atoms. The molecular weight excluding hydrogens is 246 g/mol. The predicted molar refractivity (Wildman–Crippen MR) is 70.6 cm³/mol. The smallest absolute Gasteiger partial charge is 0.243 e. The fourth-order valence-corrected chi connectivity index (χ4v) is 2.92. The van der Waals surface area contributed by atoms with Crippen molar-refractivity contribution in [1.82, 2.24) is 15.5 Å². The molecule has 0 spiro atoms. The zero-order valence-corrected chi connectivity index (χ0v) is 11.6. The molecular formula is C13H23N3O3. The number of piperazine rings is 1. The molecule has 3 atom stereocenters. The maximum Gasteiger partial charge on any atom is 0.243 e. The van der Waals surface area contributed by atoms with E-state index in [0.29, 0.717) is 19.7 Å². The zero-order valence-electron chi connectivity index (χ0n) is 11.6. The highest BCUT2D eigenvalue weighted by molar-refractivity contribution is 5.89. The van der Waals surface area contributed by atoms with E-state index in [2.05, 4.69) is 10.6 Å². The average molecular weight is 269 g/mol. The van der Waals surface area contributed by atoms with Crippen molar-refractivity contribution in [3.8, 4) is 0 Å². The van der Waals surface area contributed by atoms with Crippen LogP contribution in [0.25, 0.3) is 0 Å². The lowest BCUT2D eigenvalue weighted by Gasteiger charge is -2.37. The van der Waals surface area contributed by atoms with Gasteiger partial charge in [0.05, 0.1) is 12.0 Å². The van der Waals surface area contributed by atoms with Crippen molar-refractivity contribution in [2.24, 2.45) is 5.92 Å². The molecule has 0 radical (unpaired) electrons. The Labute approximate surface area is 113 Å². The topological polar surface area (TPSA) is 70.7 Å². The van der Waals surface area contributed by atoms with E-state index in [-0.39, 0.29) is 23.8 Å². The Morgan fingerprint density at radius 3 is 2.95 bits per heavy atom. The summed E-state index contributed by atoms with van der Waals surface area (Å²) in [7, 11) is 1.60. The first-order valence-electron chi connectivity index (χ1n) is 7.03. The van der Waals surface area contributed by atoms with Gasteiger partial charge in [0.1, 0.15) is 6.04 Å². The molecule has 2 amide bonds. The molecule has 0 aromatic heterocycles. The van der Waals surface area contributed by atoms with Gasteiger partial charge in [-0.2, -0.15) is 0 Å². The van der Waals surface area contributed by atoms with Crippen molar-refractivity contribution < 1.29 is 14.3 Å². The maximum atomic E-state index is 12.6. The van der Waals surface area contributed by atoms with Crippen LogP contribution in [-0.4, -0.2) is 62.1 Å². The minimum Gasteiger partial charge on any atom is -0.377 e. The van der Waals surface area contributed by atoms with Crippen LogP contribution >= 0.6 is 0 Å². The first kappa shape index (κ1) is 14.3. The summed E-state index contributed by atoms with van der Waals surface area (Å²) in [5.74, 6) is -0.123. The van der Waals surface area contributed by atoms with Crippen molar-refractivity contribution in [3.05, 3.63) is 0 Å². The van der Waals surface area contributed by atoms with Crippen LogP contribution in [0.2, 0.25) is 0 Å². The summed E-state index contributed by atoms with van der Waals surface area (Å²) in [6, 6.07) is -0.399. The molecule has 3 unspecified atom stereocenters. The summed E-state index contributed by atoms with van der Waals surface area (Å²) in [6.45, 7) is 4.53. The van der Waals surface area contributed by atoms with Gasteiger partial charge in [0.25, 0.3) is 0 Å². The normalized spacial score (nSPS) is 31.3. The molecule has 2 rings (SSSR count). The largest absolute Gasteiger partial charge is 0.377 e. The van der Waals surface area contributed by atoms with Gasteiger partial charge in [-0.25, -0.2) is 0 Å². The molecule has 2 aliphatic heterocycles. The lowest BCUT2D eigenvalue weighted by Crippen LogP contribution is -2.60. The number of nitrogens with one attached hydrogen (secondary N) is 2. The van der Waals surface area contributed by atoms with Gasteiger partial charge in [-0.05, 0) is 12.8 Å². The molecule has 6 nitrogen and oxygen atoms in total. The highest BCUT2D eigenvalue weighted by Crippen LogP contribution is 2.26. The summed E-state index contributed by atoms with van der Waals surface area (Å²) in [5, 5.41) is 5.80. The van der Waals surface area contributed by atoms with Crippen molar-refractivity contribution >= 4 is 11.8 Å². The number of amides is 2. The number of nitrogens with zero attached hydrogens (tertiary/aromatic N) is 1. The molecule has 108 valence electrons. The third-order valence-corrected chi connectivity index (χ3v) is 4.00. The van der Waals surface area contributed by atoms with E-state index >= 15 is 0 Å². The van der Waals surface area contributed by atoms with Crippen molar-refractivity contribution in [2.45, 2.75) is 31.9 Å². The van der Waals surface area contributed by atoms with Gasteiger partial charge < -0.3 is 20.3 Å². The monoisotopic (exact) mass is 269 g/mol. The quantitative estimate of drug-likeness (QED) is 0.714. The van der Waals surface area contributed by atoms with Crippen LogP contribution in [-0.2, 0) is 14.3 Å². The van der Waals surface area contributed by atoms with Crippen molar-refractivity contribution in [2.75, 3.05) is 33.3 Å². The third-order valence-electron chi connectivity index (χ3n) is 4.00. The number of likely N-dealkylation sites (N-methyl/N-ethyl adjacent to an activating group) is 1. The number of rotatable bonds is 3. The SMILES string of the molecule is CCC1OCCC1C(=O)N1CCNCC1C(=O)NC. The van der Waals surface area contributed by atoms with Crippen LogP contribution in [0, 0.1) is 5.92 Å². The summed E-state index contributed by atoms with van der Waals surface area (Å²) in [4.78, 5) is 26.2. The number of hydrogen-bond donors (Lipinski definition) is 2. The van der Waals surface area contributed by atoms with E-state index in [0.717, 1.165) is 19.4 Å². The van der Waals surface area contributed by atoms with Crippen LogP contribution in [0.5, 0.6) is 0 Å². The average Bonchev–Trinajstić information content (AvgIpc) is 2.94. The summed E-state index contributed by atoms with van der Waals surface area (Å²) in [5.41, 5.74) is 0. The molecule has 19 heavy (non-hydrogen) atoms. The van der Waals surface area contributed by atoms with E-state index in [9.17, 15) is 9.59 Å². The molecule has 0 saturated carbocycles. The van der Waals surface area contributed by atoms with E-state index in [1.165, 1.54) is 0 Å². The molecule has 6 heteroatoms. The number of carbonyl (C=O) groups is 2. The number of carbonyl (C=O) groups excluding carboxylic acids is 2. The minimum atomic E-state index is -0.399. The van der Waals surface area contributed by atoms with Crippen molar-refractivity contribution in [3.63, 3.8) is 0 Å². The maximum absolute atomic E-state index is 12.6. The third kappa shape index (κ3) is 2.90. The molecule has 0 aromatic rings. The van der Waals surface area contributed by atoms with Gasteiger partial charge >= 0.3 is 0 Å². The second-order valence-corrected chi connectivity index (χ2v) is 5.08. The lowest BCUT2D eigenvalue weighted by molar-refractivity contribution is -0.146. The molecule has 2 fully saturated rings. The second-order valence-electron chi connectivity index (χ2n) is 5.08. The first-order chi connectivity index (χ1) is 9.19. The Bertz CT molecular complexity index is 348. The van der Waals surface area contributed by atoms with Gasteiger partial charge in [0.15, 0.2) is 0 Å². The summed E-state index contributed by atoms with van der Waals surface area (Å²) >= 11 is 0. The molecule has 0 aromatic carbocycles. The summed E-state index contributed by atoms with van der Waals surface area (Å²) in [6.07, 6.45) is 1.61. The van der Waals surface area contributed by atoms with Crippen LogP contribution < -0.4 is 10.6 Å². The lowest BCUT2D eigenvalue weighted by atomic mass is 9.96. The van der Waals surface area contributed by atoms with Crippen LogP contribution in [0.1, 0.15) is 19.8 Å². The molecule has 2 N–H and O–H groups in total. The Balaban J connectivity index is 2.09. The van der Waals surface area contributed by atoms with Crippen LogP contribution in [0.15, 0.2) is 0 Å². The molecule has 0 aliphatic carbocycles. The molecule has 2 saturated heterocycles. The van der Waals surface area contributed by atoms with Crippen LogP contribution in [0.4, 0.5) is 0 Å². The van der Waals surface area contributed by atoms with E-state index in [1.54, 1.807) is 11.9 Å². The van der Waals surface area contributed by atoms with Gasteiger partial charge in [0, 0.05) is 33.3 Å². The van der Waals surface area contributed by atoms with E-state index in [1.807, 2.05) is 6.92 Å². The van der Waals surface area contributed by atoms with Gasteiger partial charge in [-0.3, -0.25) is 9.59 Å². The zero-order chi connectivity index (χ0) is 13.8. The Hall–Kier alpha value is -1.14. The molecule has 2 heterocycles. The molecule has 2 aliphatic rings. The fraction of sp³-hybridized carbons (Fsp3) is 0.846. The summed E-state index contributed by atoms with van der Waals surface area (Å²) < 4.78 is 5.59. The number of hydrogen-bond acceptors (Lipinski definition) is 4. The van der Waals surface area contributed by atoms with Crippen LogP contribution in [0.3, 0.4) is 0 Å². The van der Waals surface area contributed by atoms with Crippen molar-refractivity contribution in [1.29, 1.82) is 0 Å².